The van der Waals surface area contributed by atoms with Crippen molar-refractivity contribution in [2.24, 2.45) is 0 Å². The lowest BCUT2D eigenvalue weighted by Crippen LogP contribution is -2.08. The lowest BCUT2D eigenvalue weighted by atomic mass is 10.1. The molecule has 0 aromatic heterocycles. The van der Waals surface area contributed by atoms with E-state index in [1.165, 1.54) is 51.0 Å². The number of ketones is 1. The Balaban J connectivity index is 1.39. The number of carbonyl (C=O) groups excluding carboxylic acids is 2. The lowest BCUT2D eigenvalue weighted by molar-refractivity contribution is 0.0734. The molecule has 0 aliphatic rings. The van der Waals surface area contributed by atoms with Gasteiger partial charge in [0.2, 0.25) is 0 Å². The van der Waals surface area contributed by atoms with Gasteiger partial charge in [0.05, 0.1) is 12.2 Å². The molecule has 0 fully saturated rings. The minimum atomic E-state index is -0.451. The van der Waals surface area contributed by atoms with Gasteiger partial charge in [-0.25, -0.2) is 4.79 Å². The molecule has 3 aromatic rings. The first-order valence-electron chi connectivity index (χ1n) is 13.0. The molecule has 0 bridgehead atoms. The quantitative estimate of drug-likeness (QED) is 0.0715. The van der Waals surface area contributed by atoms with Gasteiger partial charge in [-0.2, -0.15) is 0 Å². The zero-order chi connectivity index (χ0) is 25.4. The standard InChI is InChI=1S/C32H36O4/c1-2-3-4-5-6-7-8-12-25-35-29-20-18-28(19-21-29)32(34)36-30-22-16-27(17-23-30)31(33)24-15-26-13-10-9-11-14-26/h9-11,13-24H,2-8,12,25H2,1H3/b24-15+. The van der Waals surface area contributed by atoms with Crippen molar-refractivity contribution in [1.29, 1.82) is 0 Å². The minimum Gasteiger partial charge on any atom is -0.494 e. The molecule has 0 spiro atoms. The summed E-state index contributed by atoms with van der Waals surface area (Å²) in [6.45, 7) is 2.92. The van der Waals surface area contributed by atoms with E-state index in [0.29, 0.717) is 23.5 Å². The van der Waals surface area contributed by atoms with Crippen LogP contribution in [-0.4, -0.2) is 18.4 Å². The van der Waals surface area contributed by atoms with Crippen LogP contribution in [0, 0.1) is 0 Å². The van der Waals surface area contributed by atoms with E-state index < -0.39 is 5.97 Å². The summed E-state index contributed by atoms with van der Waals surface area (Å²) in [6, 6.07) is 23.2. The summed E-state index contributed by atoms with van der Waals surface area (Å²) in [5, 5.41) is 0. The monoisotopic (exact) mass is 484 g/mol. The van der Waals surface area contributed by atoms with E-state index in [1.807, 2.05) is 30.3 Å². The largest absolute Gasteiger partial charge is 0.494 e. The van der Waals surface area contributed by atoms with Crippen LogP contribution in [0.3, 0.4) is 0 Å². The Bertz CT molecular complexity index is 1080. The Hall–Kier alpha value is -3.66. The maximum absolute atomic E-state index is 12.5. The van der Waals surface area contributed by atoms with Gasteiger partial charge in [-0.15, -0.1) is 0 Å². The van der Waals surface area contributed by atoms with Crippen molar-refractivity contribution in [2.45, 2.75) is 58.3 Å². The molecule has 4 nitrogen and oxygen atoms in total. The summed E-state index contributed by atoms with van der Waals surface area (Å²) in [5.41, 5.74) is 1.93. The van der Waals surface area contributed by atoms with Gasteiger partial charge in [-0.3, -0.25) is 4.79 Å². The van der Waals surface area contributed by atoms with Gasteiger partial charge in [0.1, 0.15) is 11.5 Å². The first-order chi connectivity index (χ1) is 17.7. The first kappa shape index (κ1) is 26.9. The van der Waals surface area contributed by atoms with Crippen molar-refractivity contribution in [3.8, 4) is 11.5 Å². The Morgan fingerprint density at radius 3 is 1.92 bits per heavy atom. The second kappa shape index (κ2) is 15.4. The molecule has 0 aliphatic heterocycles. The number of hydrogen-bond donors (Lipinski definition) is 0. The molecule has 0 N–H and O–H groups in total. The molecule has 0 saturated heterocycles. The number of ether oxygens (including phenoxy) is 2. The Morgan fingerprint density at radius 1 is 0.667 bits per heavy atom. The van der Waals surface area contributed by atoms with E-state index in [2.05, 4.69) is 6.92 Å². The second-order valence-corrected chi connectivity index (χ2v) is 8.87. The third-order valence-electron chi connectivity index (χ3n) is 5.93. The highest BCUT2D eigenvalue weighted by Crippen LogP contribution is 2.18. The number of allylic oxidation sites excluding steroid dienone is 1. The number of carbonyl (C=O) groups is 2. The van der Waals surface area contributed by atoms with Crippen LogP contribution in [0.5, 0.6) is 11.5 Å². The summed E-state index contributed by atoms with van der Waals surface area (Å²) in [5.74, 6) is 0.575. The SMILES string of the molecule is CCCCCCCCCCOc1ccc(C(=O)Oc2ccc(C(=O)/C=C/c3ccccc3)cc2)cc1. The summed E-state index contributed by atoms with van der Waals surface area (Å²) < 4.78 is 11.3. The number of hydrogen-bond acceptors (Lipinski definition) is 4. The molecule has 0 radical (unpaired) electrons. The molecule has 0 atom stereocenters. The van der Waals surface area contributed by atoms with E-state index in [-0.39, 0.29) is 5.78 Å². The van der Waals surface area contributed by atoms with Crippen LogP contribution in [0.25, 0.3) is 6.08 Å². The third kappa shape index (κ3) is 9.53. The number of esters is 1. The third-order valence-corrected chi connectivity index (χ3v) is 5.93. The van der Waals surface area contributed by atoms with Crippen LogP contribution in [0.4, 0.5) is 0 Å². The van der Waals surface area contributed by atoms with Crippen molar-refractivity contribution < 1.29 is 19.1 Å². The second-order valence-electron chi connectivity index (χ2n) is 8.87. The minimum absolute atomic E-state index is 0.112. The van der Waals surface area contributed by atoms with E-state index >= 15 is 0 Å². The Morgan fingerprint density at radius 2 is 1.25 bits per heavy atom. The van der Waals surface area contributed by atoms with Gasteiger partial charge in [0.25, 0.3) is 0 Å². The molecular formula is C32H36O4. The van der Waals surface area contributed by atoms with E-state index in [1.54, 1.807) is 54.6 Å². The molecule has 188 valence electrons. The predicted molar refractivity (Wildman–Crippen MR) is 146 cm³/mol. The normalized spacial score (nSPS) is 10.9. The summed E-state index contributed by atoms with van der Waals surface area (Å²) in [6.07, 6.45) is 13.4. The molecule has 0 unspecified atom stereocenters. The molecule has 0 heterocycles. The van der Waals surface area contributed by atoms with Gasteiger partial charge >= 0.3 is 5.97 Å². The molecule has 36 heavy (non-hydrogen) atoms. The van der Waals surface area contributed by atoms with Crippen molar-refractivity contribution in [3.05, 3.63) is 102 Å². The lowest BCUT2D eigenvalue weighted by Gasteiger charge is -2.08. The van der Waals surface area contributed by atoms with Gasteiger partial charge < -0.3 is 9.47 Å². The highest BCUT2D eigenvalue weighted by molar-refractivity contribution is 6.06. The summed E-state index contributed by atoms with van der Waals surface area (Å²) in [4.78, 5) is 24.9. The van der Waals surface area contributed by atoms with Crippen molar-refractivity contribution in [1.82, 2.24) is 0 Å². The van der Waals surface area contributed by atoms with Gasteiger partial charge in [0, 0.05) is 5.56 Å². The molecule has 0 saturated carbocycles. The Kier molecular flexibility index (Phi) is 11.5. The van der Waals surface area contributed by atoms with Crippen LogP contribution in [0.15, 0.2) is 84.9 Å². The highest BCUT2D eigenvalue weighted by atomic mass is 16.5. The molecule has 3 aromatic carbocycles. The maximum Gasteiger partial charge on any atom is 0.343 e. The fraction of sp³-hybridized carbons (Fsp3) is 0.312. The van der Waals surface area contributed by atoms with Crippen molar-refractivity contribution in [2.75, 3.05) is 6.61 Å². The zero-order valence-corrected chi connectivity index (χ0v) is 21.2. The number of unbranched alkanes of at least 4 members (excludes halogenated alkanes) is 7. The van der Waals surface area contributed by atoms with Crippen LogP contribution < -0.4 is 9.47 Å². The number of rotatable bonds is 15. The first-order valence-corrected chi connectivity index (χ1v) is 13.0. The molecule has 0 aliphatic carbocycles. The van der Waals surface area contributed by atoms with Crippen LogP contribution >= 0.6 is 0 Å². The van der Waals surface area contributed by atoms with Gasteiger partial charge in [-0.05, 0) is 66.6 Å². The van der Waals surface area contributed by atoms with Gasteiger partial charge in [-0.1, -0.05) is 88.3 Å². The average Bonchev–Trinajstić information content (AvgIpc) is 2.92. The fourth-order valence-electron chi connectivity index (χ4n) is 3.80. The zero-order valence-electron chi connectivity index (χ0n) is 21.2. The smallest absolute Gasteiger partial charge is 0.343 e. The topological polar surface area (TPSA) is 52.6 Å². The molecule has 0 amide bonds. The van der Waals surface area contributed by atoms with Crippen LogP contribution in [0.2, 0.25) is 0 Å². The number of benzene rings is 3. The maximum atomic E-state index is 12.5. The average molecular weight is 485 g/mol. The Labute approximate surface area is 215 Å². The van der Waals surface area contributed by atoms with Crippen LogP contribution in [-0.2, 0) is 0 Å². The highest BCUT2D eigenvalue weighted by Gasteiger charge is 2.10. The molecular weight excluding hydrogens is 448 g/mol. The molecule has 4 heteroatoms. The summed E-state index contributed by atoms with van der Waals surface area (Å²) in [7, 11) is 0. The molecule has 3 rings (SSSR count). The van der Waals surface area contributed by atoms with E-state index in [4.69, 9.17) is 9.47 Å². The van der Waals surface area contributed by atoms with Gasteiger partial charge in [0.15, 0.2) is 5.78 Å². The van der Waals surface area contributed by atoms with Crippen molar-refractivity contribution >= 4 is 17.8 Å². The van der Waals surface area contributed by atoms with Crippen molar-refractivity contribution in [3.63, 3.8) is 0 Å². The van der Waals surface area contributed by atoms with E-state index in [0.717, 1.165) is 17.7 Å². The van der Waals surface area contributed by atoms with E-state index in [9.17, 15) is 9.59 Å². The predicted octanol–water partition coefficient (Wildman–Crippen LogP) is 8.32. The summed E-state index contributed by atoms with van der Waals surface area (Å²) >= 11 is 0. The van der Waals surface area contributed by atoms with Crippen LogP contribution in [0.1, 0.15) is 84.6 Å². The fourth-order valence-corrected chi connectivity index (χ4v) is 3.80.